The number of carbonyl (C=O) groups excluding carboxylic acids is 2. The van der Waals surface area contributed by atoms with Crippen LogP contribution in [-0.2, 0) is 25.5 Å². The number of nitrogens with zero attached hydrogens (tertiary/aromatic N) is 1. The molecule has 30 heavy (non-hydrogen) atoms. The van der Waals surface area contributed by atoms with Gasteiger partial charge < -0.3 is 24.4 Å². The molecule has 158 valence electrons. The molecule has 3 atom stereocenters. The van der Waals surface area contributed by atoms with Gasteiger partial charge in [0.25, 0.3) is 5.91 Å². The third kappa shape index (κ3) is 4.04. The van der Waals surface area contributed by atoms with Crippen LogP contribution >= 0.6 is 0 Å². The van der Waals surface area contributed by atoms with Crippen LogP contribution in [0.2, 0.25) is 0 Å². The zero-order chi connectivity index (χ0) is 21.3. The van der Waals surface area contributed by atoms with E-state index in [0.717, 1.165) is 11.3 Å². The van der Waals surface area contributed by atoms with Gasteiger partial charge in [0.05, 0.1) is 26.2 Å². The van der Waals surface area contributed by atoms with E-state index in [2.05, 4.69) is 5.32 Å². The molecule has 2 amide bonds. The third-order valence-corrected chi connectivity index (χ3v) is 5.43. The second kappa shape index (κ2) is 8.08. The average molecular weight is 410 g/mol. The van der Waals surface area contributed by atoms with Crippen LogP contribution < -0.4 is 15.0 Å². The van der Waals surface area contributed by atoms with Crippen LogP contribution in [-0.4, -0.2) is 49.5 Å². The van der Waals surface area contributed by atoms with Gasteiger partial charge in [-0.25, -0.2) is 0 Å². The first-order valence-electron chi connectivity index (χ1n) is 10.0. The monoisotopic (exact) mass is 410 g/mol. The van der Waals surface area contributed by atoms with Crippen LogP contribution in [0.15, 0.2) is 54.6 Å². The van der Waals surface area contributed by atoms with Crippen LogP contribution in [0.4, 0.5) is 5.69 Å². The third-order valence-electron chi connectivity index (χ3n) is 5.43. The molecule has 0 radical (unpaired) electrons. The van der Waals surface area contributed by atoms with Gasteiger partial charge in [-0.3, -0.25) is 9.59 Å². The van der Waals surface area contributed by atoms with E-state index in [1.807, 2.05) is 56.3 Å². The quantitative estimate of drug-likeness (QED) is 0.740. The number of β-lactam (4-membered cyclic amide) rings is 1. The molecule has 0 saturated carbocycles. The highest BCUT2D eigenvalue weighted by Gasteiger charge is 2.55. The van der Waals surface area contributed by atoms with Crippen molar-refractivity contribution in [3.05, 3.63) is 60.2 Å². The molecule has 2 aromatic carbocycles. The smallest absolute Gasteiger partial charge is 0.252 e. The average Bonchev–Trinajstić information content (AvgIpc) is 3.09. The zero-order valence-electron chi connectivity index (χ0n) is 17.3. The summed E-state index contributed by atoms with van der Waals surface area (Å²) in [5, 5.41) is 2.90. The Morgan fingerprint density at radius 2 is 1.87 bits per heavy atom. The molecule has 2 aliphatic rings. The molecular weight excluding hydrogens is 384 g/mol. The summed E-state index contributed by atoms with van der Waals surface area (Å²) in [7, 11) is 1.59. The highest BCUT2D eigenvalue weighted by atomic mass is 16.7. The van der Waals surface area contributed by atoms with E-state index in [1.54, 1.807) is 24.1 Å². The second-order valence-electron chi connectivity index (χ2n) is 7.97. The summed E-state index contributed by atoms with van der Waals surface area (Å²) in [5.74, 6) is -0.387. The van der Waals surface area contributed by atoms with Gasteiger partial charge in [-0.2, -0.15) is 0 Å². The Balaban J connectivity index is 1.53. The molecule has 7 nitrogen and oxygen atoms in total. The number of anilines is 1. The predicted octanol–water partition coefficient (Wildman–Crippen LogP) is 2.29. The van der Waals surface area contributed by atoms with Crippen molar-refractivity contribution in [2.75, 3.05) is 18.6 Å². The van der Waals surface area contributed by atoms with Gasteiger partial charge in [0.1, 0.15) is 17.9 Å². The number of ether oxygens (including phenoxy) is 3. The first-order chi connectivity index (χ1) is 14.4. The first-order valence-corrected chi connectivity index (χ1v) is 10.0. The minimum absolute atomic E-state index is 0.167. The van der Waals surface area contributed by atoms with E-state index in [-0.39, 0.29) is 30.4 Å². The normalized spacial score (nSPS) is 25.0. The van der Waals surface area contributed by atoms with Gasteiger partial charge in [0.15, 0.2) is 5.79 Å². The number of carbonyl (C=O) groups is 2. The molecule has 2 fully saturated rings. The Bertz CT molecular complexity index is 913. The number of rotatable bonds is 6. The van der Waals surface area contributed by atoms with E-state index in [1.165, 1.54) is 0 Å². The standard InChI is InChI=1S/C23H26N2O5/c1-23(2)29-14-18(30-23)21-20(24-19(26)13-15-7-5-4-6-8-15)22(27)25(21)16-9-11-17(28-3)12-10-16/h4-12,18,20-21H,13-14H2,1-3H3,(H,24,26)/t18-,20-,21+/m0/s1. The fraction of sp³-hybridized carbons (Fsp3) is 0.391. The molecule has 0 unspecified atom stereocenters. The fourth-order valence-electron chi connectivity index (χ4n) is 3.97. The van der Waals surface area contributed by atoms with Crippen LogP contribution in [0.5, 0.6) is 5.75 Å². The van der Waals surface area contributed by atoms with Crippen molar-refractivity contribution in [1.29, 1.82) is 0 Å². The van der Waals surface area contributed by atoms with Gasteiger partial charge in [-0.15, -0.1) is 0 Å². The number of hydrogen-bond acceptors (Lipinski definition) is 5. The SMILES string of the molecule is COc1ccc(N2C(=O)[C@@H](NC(=O)Cc3ccccc3)[C@H]2[C@@H]2COC(C)(C)O2)cc1. The summed E-state index contributed by atoms with van der Waals surface area (Å²) in [6.45, 7) is 4.03. The van der Waals surface area contributed by atoms with E-state index in [4.69, 9.17) is 14.2 Å². The van der Waals surface area contributed by atoms with Crippen molar-refractivity contribution in [2.24, 2.45) is 0 Å². The molecule has 2 aliphatic heterocycles. The van der Waals surface area contributed by atoms with Gasteiger partial charge in [-0.1, -0.05) is 30.3 Å². The van der Waals surface area contributed by atoms with Crippen molar-refractivity contribution in [3.63, 3.8) is 0 Å². The summed E-state index contributed by atoms with van der Waals surface area (Å²) in [5.41, 5.74) is 1.62. The molecule has 4 rings (SSSR count). The van der Waals surface area contributed by atoms with Crippen LogP contribution in [0, 0.1) is 0 Å². The minimum Gasteiger partial charge on any atom is -0.497 e. The van der Waals surface area contributed by atoms with Crippen molar-refractivity contribution < 1.29 is 23.8 Å². The van der Waals surface area contributed by atoms with Gasteiger partial charge in [0, 0.05) is 5.69 Å². The maximum atomic E-state index is 13.0. The van der Waals surface area contributed by atoms with E-state index < -0.39 is 11.8 Å². The lowest BCUT2D eigenvalue weighted by Gasteiger charge is -2.49. The lowest BCUT2D eigenvalue weighted by Crippen LogP contribution is -2.75. The molecule has 0 spiro atoms. The number of hydrogen-bond donors (Lipinski definition) is 1. The molecule has 2 aromatic rings. The van der Waals surface area contributed by atoms with Crippen molar-refractivity contribution >= 4 is 17.5 Å². The van der Waals surface area contributed by atoms with Crippen molar-refractivity contribution in [1.82, 2.24) is 5.32 Å². The molecule has 0 bridgehead atoms. The summed E-state index contributed by atoms with van der Waals surface area (Å²) < 4.78 is 17.0. The van der Waals surface area contributed by atoms with E-state index in [0.29, 0.717) is 12.4 Å². The molecule has 7 heteroatoms. The fourth-order valence-corrected chi connectivity index (χ4v) is 3.97. The summed E-state index contributed by atoms with van der Waals surface area (Å²) in [6.07, 6.45) is -0.130. The Morgan fingerprint density at radius 1 is 1.17 bits per heavy atom. The molecule has 2 heterocycles. The predicted molar refractivity (Wildman–Crippen MR) is 111 cm³/mol. The number of benzene rings is 2. The highest BCUT2D eigenvalue weighted by molar-refractivity contribution is 6.07. The summed E-state index contributed by atoms with van der Waals surface area (Å²) in [6, 6.07) is 15.7. The topological polar surface area (TPSA) is 77.1 Å². The van der Waals surface area contributed by atoms with Gasteiger partial charge in [0.2, 0.25) is 5.91 Å². The Kier molecular flexibility index (Phi) is 5.49. The minimum atomic E-state index is -0.729. The Hall–Kier alpha value is -2.90. The first kappa shape index (κ1) is 20.4. The highest BCUT2D eigenvalue weighted by Crippen LogP contribution is 2.36. The molecule has 1 N–H and O–H groups in total. The molecule has 0 aliphatic carbocycles. The Labute approximate surface area is 175 Å². The molecule has 0 aromatic heterocycles. The van der Waals surface area contributed by atoms with Gasteiger partial charge in [-0.05, 0) is 43.7 Å². The largest absolute Gasteiger partial charge is 0.497 e. The molecular formula is C23H26N2O5. The molecule has 2 saturated heterocycles. The Morgan fingerprint density at radius 3 is 2.47 bits per heavy atom. The zero-order valence-corrected chi connectivity index (χ0v) is 17.3. The van der Waals surface area contributed by atoms with Crippen molar-refractivity contribution in [2.45, 2.75) is 44.2 Å². The van der Waals surface area contributed by atoms with E-state index >= 15 is 0 Å². The van der Waals surface area contributed by atoms with Crippen molar-refractivity contribution in [3.8, 4) is 5.75 Å². The van der Waals surface area contributed by atoms with Gasteiger partial charge >= 0.3 is 0 Å². The van der Waals surface area contributed by atoms with Crippen LogP contribution in [0.3, 0.4) is 0 Å². The lowest BCUT2D eigenvalue weighted by molar-refractivity contribution is -0.151. The maximum Gasteiger partial charge on any atom is 0.252 e. The van der Waals surface area contributed by atoms with Crippen LogP contribution in [0.25, 0.3) is 0 Å². The second-order valence-corrected chi connectivity index (χ2v) is 7.97. The summed E-state index contributed by atoms with van der Waals surface area (Å²) >= 11 is 0. The number of methoxy groups -OCH3 is 1. The summed E-state index contributed by atoms with van der Waals surface area (Å²) in [4.78, 5) is 27.3. The number of amides is 2. The van der Waals surface area contributed by atoms with E-state index in [9.17, 15) is 9.59 Å². The number of nitrogens with one attached hydrogen (secondary N) is 1. The maximum absolute atomic E-state index is 13.0. The van der Waals surface area contributed by atoms with Crippen LogP contribution in [0.1, 0.15) is 19.4 Å². The lowest BCUT2D eigenvalue weighted by atomic mass is 9.89.